The van der Waals surface area contributed by atoms with Crippen molar-refractivity contribution < 1.29 is 0 Å². The fraction of sp³-hybridized carbons (Fsp3) is 0. The van der Waals surface area contributed by atoms with E-state index in [1.165, 1.54) is 37.9 Å². The lowest BCUT2D eigenvalue weighted by Crippen LogP contribution is -1.98. The number of fused-ring (bicyclic) bond motifs is 7. The molecule has 192 valence electrons. The average molecular weight is 544 g/mol. The first-order valence-electron chi connectivity index (χ1n) is 13.6. The van der Waals surface area contributed by atoms with Gasteiger partial charge >= 0.3 is 0 Å². The highest BCUT2D eigenvalue weighted by Crippen LogP contribution is 2.39. The molecule has 1 aromatic heterocycles. The molecular weight excluding hydrogens is 522 g/mol. The van der Waals surface area contributed by atoms with Crippen LogP contribution in [0.2, 0.25) is 5.28 Å². The lowest BCUT2D eigenvalue weighted by Gasteiger charge is -2.14. The fourth-order valence-corrected chi connectivity index (χ4v) is 6.18. The Bertz CT molecular complexity index is 2240. The molecule has 0 saturated carbocycles. The van der Waals surface area contributed by atoms with Crippen molar-refractivity contribution in [1.82, 2.24) is 15.0 Å². The Morgan fingerprint density at radius 2 is 0.854 bits per heavy atom. The number of hydrogen-bond donors (Lipinski definition) is 0. The largest absolute Gasteiger partial charge is 0.226 e. The van der Waals surface area contributed by atoms with Crippen molar-refractivity contribution in [2.24, 2.45) is 0 Å². The Kier molecular flexibility index (Phi) is 5.51. The van der Waals surface area contributed by atoms with Crippen molar-refractivity contribution in [3.8, 4) is 33.9 Å². The van der Waals surface area contributed by atoms with Crippen LogP contribution in [0.3, 0.4) is 0 Å². The van der Waals surface area contributed by atoms with Gasteiger partial charge < -0.3 is 0 Å². The van der Waals surface area contributed by atoms with E-state index in [4.69, 9.17) is 16.6 Å². The van der Waals surface area contributed by atoms with Crippen LogP contribution in [0.5, 0.6) is 0 Å². The second kappa shape index (κ2) is 9.51. The molecule has 0 fully saturated rings. The van der Waals surface area contributed by atoms with E-state index in [9.17, 15) is 0 Å². The number of rotatable bonds is 3. The van der Waals surface area contributed by atoms with Gasteiger partial charge in [0.2, 0.25) is 5.28 Å². The minimum Gasteiger partial charge on any atom is -0.208 e. The van der Waals surface area contributed by atoms with E-state index in [1.54, 1.807) is 0 Å². The summed E-state index contributed by atoms with van der Waals surface area (Å²) >= 11 is 6.41. The first kappa shape index (κ1) is 23.7. The van der Waals surface area contributed by atoms with Crippen LogP contribution in [-0.4, -0.2) is 15.0 Å². The molecule has 41 heavy (non-hydrogen) atoms. The van der Waals surface area contributed by atoms with E-state index in [0.29, 0.717) is 11.6 Å². The topological polar surface area (TPSA) is 38.7 Å². The molecule has 3 nitrogen and oxygen atoms in total. The molecule has 0 atom stereocenters. The number of nitrogens with zero attached hydrogens (tertiary/aromatic N) is 3. The van der Waals surface area contributed by atoms with Crippen LogP contribution in [0.1, 0.15) is 0 Å². The summed E-state index contributed by atoms with van der Waals surface area (Å²) < 4.78 is 0. The quantitative estimate of drug-likeness (QED) is 0.208. The molecule has 1 heterocycles. The zero-order valence-corrected chi connectivity index (χ0v) is 22.7. The fourth-order valence-electron chi connectivity index (χ4n) is 6.02. The summed E-state index contributed by atoms with van der Waals surface area (Å²) in [7, 11) is 0. The van der Waals surface area contributed by atoms with Crippen LogP contribution in [0, 0.1) is 0 Å². The molecule has 7 aromatic carbocycles. The summed E-state index contributed by atoms with van der Waals surface area (Å²) in [6.45, 7) is 0. The van der Waals surface area contributed by atoms with Gasteiger partial charge in [-0.05, 0) is 71.9 Å². The minimum absolute atomic E-state index is 0.177. The highest BCUT2D eigenvalue weighted by Gasteiger charge is 2.15. The molecule has 0 aliphatic carbocycles. The molecule has 0 unspecified atom stereocenters. The number of hydrogen-bond acceptors (Lipinski definition) is 3. The number of benzene rings is 7. The van der Waals surface area contributed by atoms with Crippen LogP contribution >= 0.6 is 11.6 Å². The predicted octanol–water partition coefficient (Wildman–Crippen LogP) is 10.1. The van der Waals surface area contributed by atoms with Crippen LogP contribution in [0.15, 0.2) is 133 Å². The lowest BCUT2D eigenvalue weighted by atomic mass is 9.90. The monoisotopic (exact) mass is 543 g/mol. The Labute approximate surface area is 241 Å². The Hall–Kier alpha value is -5.12. The smallest absolute Gasteiger partial charge is 0.208 e. The maximum Gasteiger partial charge on any atom is 0.226 e. The van der Waals surface area contributed by atoms with Gasteiger partial charge in [0.15, 0.2) is 11.6 Å². The van der Waals surface area contributed by atoms with Gasteiger partial charge in [0, 0.05) is 11.1 Å². The first-order chi connectivity index (χ1) is 20.2. The molecule has 0 radical (unpaired) electrons. The van der Waals surface area contributed by atoms with Gasteiger partial charge in [-0.2, -0.15) is 9.97 Å². The van der Waals surface area contributed by atoms with Crippen LogP contribution < -0.4 is 0 Å². The van der Waals surface area contributed by atoms with Gasteiger partial charge in [-0.3, -0.25) is 0 Å². The molecule has 0 aliphatic rings. The Balaban J connectivity index is 1.34. The molecule has 0 spiro atoms. The molecule has 0 amide bonds. The van der Waals surface area contributed by atoms with Gasteiger partial charge in [-0.15, -0.1) is 0 Å². The average Bonchev–Trinajstić information content (AvgIpc) is 3.04. The molecule has 0 N–H and O–H groups in total. The molecule has 0 aliphatic heterocycles. The van der Waals surface area contributed by atoms with Crippen molar-refractivity contribution in [2.75, 3.05) is 0 Å². The van der Waals surface area contributed by atoms with Crippen molar-refractivity contribution >= 4 is 54.7 Å². The maximum absolute atomic E-state index is 6.41. The molecule has 8 aromatic rings. The van der Waals surface area contributed by atoms with Crippen molar-refractivity contribution in [3.05, 3.63) is 139 Å². The third-order valence-corrected chi connectivity index (χ3v) is 8.03. The van der Waals surface area contributed by atoms with E-state index in [0.717, 1.165) is 27.5 Å². The molecule has 8 rings (SSSR count). The highest BCUT2D eigenvalue weighted by atomic mass is 35.5. The van der Waals surface area contributed by atoms with Crippen LogP contribution in [-0.2, 0) is 0 Å². The summed E-state index contributed by atoms with van der Waals surface area (Å²) in [5.74, 6) is 1.12. The predicted molar refractivity (Wildman–Crippen MR) is 171 cm³/mol. The Morgan fingerprint density at radius 1 is 0.341 bits per heavy atom. The van der Waals surface area contributed by atoms with Crippen molar-refractivity contribution in [3.63, 3.8) is 0 Å². The van der Waals surface area contributed by atoms with Crippen LogP contribution in [0.25, 0.3) is 77.0 Å². The summed E-state index contributed by atoms with van der Waals surface area (Å²) in [6.07, 6.45) is 0. The van der Waals surface area contributed by atoms with Gasteiger partial charge in [0.05, 0.1) is 0 Å². The molecule has 0 saturated heterocycles. The van der Waals surface area contributed by atoms with E-state index in [1.807, 2.05) is 36.4 Å². The van der Waals surface area contributed by atoms with Crippen molar-refractivity contribution in [2.45, 2.75) is 0 Å². The summed E-state index contributed by atoms with van der Waals surface area (Å²) in [5.41, 5.74) is 4.14. The standard InChI is InChI=1S/C37H22ClN3/c38-37-40-35(23-10-2-1-3-11-23)39-36(41-37)33-19-9-17-26-25(16-8-18-30(26)33)24-20-21-32-29-14-5-4-12-27(29)28-13-6-7-15-31(28)34(32)22-24/h1-22H. The number of halogens is 1. The van der Waals surface area contributed by atoms with Gasteiger partial charge in [-0.1, -0.05) is 127 Å². The third-order valence-electron chi connectivity index (χ3n) is 7.86. The Morgan fingerprint density at radius 3 is 1.54 bits per heavy atom. The van der Waals surface area contributed by atoms with Gasteiger partial charge in [0.1, 0.15) is 0 Å². The second-order valence-electron chi connectivity index (χ2n) is 10.2. The molecule has 0 bridgehead atoms. The van der Waals surface area contributed by atoms with Crippen molar-refractivity contribution in [1.29, 1.82) is 0 Å². The highest BCUT2D eigenvalue weighted by molar-refractivity contribution is 6.28. The normalized spacial score (nSPS) is 11.5. The molecular formula is C37H22ClN3. The summed E-state index contributed by atoms with van der Waals surface area (Å²) in [5, 5.41) is 9.97. The van der Waals surface area contributed by atoms with E-state index in [2.05, 4.69) is 107 Å². The maximum atomic E-state index is 6.41. The van der Waals surface area contributed by atoms with E-state index in [-0.39, 0.29) is 5.28 Å². The third kappa shape index (κ3) is 3.94. The van der Waals surface area contributed by atoms with Gasteiger partial charge in [0.25, 0.3) is 0 Å². The van der Waals surface area contributed by atoms with E-state index < -0.39 is 0 Å². The number of aromatic nitrogens is 3. The lowest BCUT2D eigenvalue weighted by molar-refractivity contribution is 1.07. The van der Waals surface area contributed by atoms with E-state index >= 15 is 0 Å². The summed E-state index contributed by atoms with van der Waals surface area (Å²) in [4.78, 5) is 13.7. The van der Waals surface area contributed by atoms with Crippen LogP contribution in [0.4, 0.5) is 0 Å². The second-order valence-corrected chi connectivity index (χ2v) is 10.5. The zero-order chi connectivity index (χ0) is 27.3. The minimum atomic E-state index is 0.177. The summed E-state index contributed by atoms with van der Waals surface area (Å²) in [6, 6.07) is 46.7. The zero-order valence-electron chi connectivity index (χ0n) is 21.9. The van der Waals surface area contributed by atoms with Gasteiger partial charge in [-0.25, -0.2) is 4.98 Å². The first-order valence-corrected chi connectivity index (χ1v) is 14.0. The SMILES string of the molecule is Clc1nc(-c2ccccc2)nc(-c2cccc3c(-c4ccc5c6ccccc6c6ccccc6c5c4)cccc23)n1. The molecule has 4 heteroatoms.